The number of nitrogens with zero attached hydrogens (tertiary/aromatic N) is 2. The Balaban J connectivity index is 1.76. The average Bonchev–Trinajstić information content (AvgIpc) is 2.77. The number of rotatable bonds is 5. The Labute approximate surface area is 169 Å². The lowest BCUT2D eigenvalue weighted by atomic mass is 10.0. The predicted molar refractivity (Wildman–Crippen MR) is 114 cm³/mol. The minimum Gasteiger partial charge on any atom is -0.497 e. The van der Waals surface area contributed by atoms with Gasteiger partial charge in [-0.05, 0) is 49.4 Å². The lowest BCUT2D eigenvalue weighted by molar-refractivity contribution is 0.0952. The lowest BCUT2D eigenvalue weighted by Gasteiger charge is -2.12. The highest BCUT2D eigenvalue weighted by Gasteiger charge is 2.15. The van der Waals surface area contributed by atoms with Crippen LogP contribution in [0.1, 0.15) is 21.6 Å². The van der Waals surface area contributed by atoms with E-state index in [9.17, 15) is 4.79 Å². The van der Waals surface area contributed by atoms with Crippen LogP contribution in [0.25, 0.3) is 22.2 Å². The van der Waals surface area contributed by atoms with Gasteiger partial charge in [-0.2, -0.15) is 0 Å². The number of carbonyl (C=O) groups is 1. The normalized spacial score (nSPS) is 10.7. The van der Waals surface area contributed by atoms with Gasteiger partial charge in [0.25, 0.3) is 5.91 Å². The van der Waals surface area contributed by atoms with Gasteiger partial charge in [0.05, 0.1) is 36.1 Å². The van der Waals surface area contributed by atoms with Crippen molar-refractivity contribution in [3.63, 3.8) is 0 Å². The van der Waals surface area contributed by atoms with Crippen molar-refractivity contribution < 1.29 is 9.53 Å². The van der Waals surface area contributed by atoms with Gasteiger partial charge in [0.2, 0.25) is 0 Å². The smallest absolute Gasteiger partial charge is 0.252 e. The number of carbonyl (C=O) groups excluding carboxylic acids is 1. The van der Waals surface area contributed by atoms with E-state index < -0.39 is 0 Å². The summed E-state index contributed by atoms with van der Waals surface area (Å²) in [6.07, 6.45) is 1.72. The maximum Gasteiger partial charge on any atom is 0.252 e. The summed E-state index contributed by atoms with van der Waals surface area (Å²) in [6.45, 7) is 2.37. The third-order valence-corrected chi connectivity index (χ3v) is 4.73. The molecular weight excluding hydrogens is 362 g/mol. The molecular formula is C24H21N3O2. The second kappa shape index (κ2) is 8.10. The van der Waals surface area contributed by atoms with E-state index in [4.69, 9.17) is 9.72 Å². The molecule has 4 rings (SSSR count). The van der Waals surface area contributed by atoms with Crippen molar-refractivity contribution in [1.82, 2.24) is 15.3 Å². The highest BCUT2D eigenvalue weighted by molar-refractivity contribution is 6.07. The average molecular weight is 383 g/mol. The van der Waals surface area contributed by atoms with Crippen molar-refractivity contribution in [3.8, 4) is 17.0 Å². The van der Waals surface area contributed by atoms with Crippen LogP contribution in [0, 0.1) is 6.92 Å². The SMILES string of the molecule is COc1cccc(-c2cc(C(=O)NCc3ccccn3)c3cc(C)ccc3n2)c1. The van der Waals surface area contributed by atoms with Gasteiger partial charge >= 0.3 is 0 Å². The number of fused-ring (bicyclic) bond motifs is 1. The van der Waals surface area contributed by atoms with Crippen LogP contribution in [0.15, 0.2) is 72.9 Å². The van der Waals surface area contributed by atoms with E-state index in [1.54, 1.807) is 13.3 Å². The molecule has 144 valence electrons. The van der Waals surface area contributed by atoms with Gasteiger partial charge in [-0.1, -0.05) is 29.8 Å². The first kappa shape index (κ1) is 18.6. The number of ether oxygens (including phenoxy) is 1. The first-order valence-corrected chi connectivity index (χ1v) is 9.38. The fraction of sp³-hybridized carbons (Fsp3) is 0.125. The highest BCUT2D eigenvalue weighted by atomic mass is 16.5. The van der Waals surface area contributed by atoms with Crippen LogP contribution in [0.4, 0.5) is 0 Å². The zero-order valence-electron chi connectivity index (χ0n) is 16.3. The largest absolute Gasteiger partial charge is 0.497 e. The molecule has 2 aromatic heterocycles. The minimum absolute atomic E-state index is 0.155. The number of aromatic nitrogens is 2. The third-order valence-electron chi connectivity index (χ3n) is 4.73. The molecule has 0 radical (unpaired) electrons. The number of aryl methyl sites for hydroxylation is 1. The Morgan fingerprint density at radius 1 is 1.03 bits per heavy atom. The summed E-state index contributed by atoms with van der Waals surface area (Å²) in [5.74, 6) is 0.590. The topological polar surface area (TPSA) is 64.1 Å². The van der Waals surface area contributed by atoms with Gasteiger partial charge in [0, 0.05) is 17.1 Å². The zero-order valence-corrected chi connectivity index (χ0v) is 16.3. The molecule has 0 spiro atoms. The monoisotopic (exact) mass is 383 g/mol. The Bertz CT molecular complexity index is 1170. The standard InChI is InChI=1S/C24H21N3O2/c1-16-9-10-22-20(12-16)21(24(28)26-15-18-7-3-4-11-25-18)14-23(27-22)17-6-5-8-19(13-17)29-2/h3-14H,15H2,1-2H3,(H,26,28). The summed E-state index contributed by atoms with van der Waals surface area (Å²) in [5.41, 5.74) is 4.87. The van der Waals surface area contributed by atoms with Gasteiger partial charge in [-0.25, -0.2) is 4.98 Å². The Kier molecular flexibility index (Phi) is 5.20. The van der Waals surface area contributed by atoms with Gasteiger partial charge in [0.15, 0.2) is 0 Å². The van der Waals surface area contributed by atoms with E-state index in [2.05, 4.69) is 10.3 Å². The van der Waals surface area contributed by atoms with E-state index in [1.807, 2.05) is 73.7 Å². The highest BCUT2D eigenvalue weighted by Crippen LogP contribution is 2.28. The predicted octanol–water partition coefficient (Wildman–Crippen LogP) is 4.54. The van der Waals surface area contributed by atoms with Crippen LogP contribution < -0.4 is 10.1 Å². The van der Waals surface area contributed by atoms with E-state index in [0.29, 0.717) is 12.1 Å². The fourth-order valence-corrected chi connectivity index (χ4v) is 3.23. The number of methoxy groups -OCH3 is 1. The molecule has 0 unspecified atom stereocenters. The van der Waals surface area contributed by atoms with Crippen molar-refractivity contribution in [3.05, 3.63) is 89.7 Å². The summed E-state index contributed by atoms with van der Waals surface area (Å²) >= 11 is 0. The Morgan fingerprint density at radius 3 is 2.72 bits per heavy atom. The molecule has 0 fully saturated rings. The molecule has 0 saturated carbocycles. The Hall–Kier alpha value is -3.73. The maximum absolute atomic E-state index is 13.1. The molecule has 2 heterocycles. The molecule has 5 nitrogen and oxygen atoms in total. The number of amides is 1. The molecule has 0 saturated heterocycles. The Morgan fingerprint density at radius 2 is 1.93 bits per heavy atom. The van der Waals surface area contributed by atoms with Crippen molar-refractivity contribution in [1.29, 1.82) is 0 Å². The maximum atomic E-state index is 13.1. The quantitative estimate of drug-likeness (QED) is 0.549. The van der Waals surface area contributed by atoms with Crippen molar-refractivity contribution in [2.45, 2.75) is 13.5 Å². The number of hydrogen-bond donors (Lipinski definition) is 1. The molecule has 0 bridgehead atoms. The lowest BCUT2D eigenvalue weighted by Crippen LogP contribution is -2.23. The number of hydrogen-bond acceptors (Lipinski definition) is 4. The third kappa shape index (κ3) is 4.09. The van der Waals surface area contributed by atoms with E-state index in [1.165, 1.54) is 0 Å². The molecule has 0 atom stereocenters. The fourth-order valence-electron chi connectivity index (χ4n) is 3.23. The van der Waals surface area contributed by atoms with Crippen LogP contribution in [-0.4, -0.2) is 23.0 Å². The van der Waals surface area contributed by atoms with E-state index in [0.717, 1.165) is 39.2 Å². The molecule has 4 aromatic rings. The van der Waals surface area contributed by atoms with Crippen LogP contribution in [0.5, 0.6) is 5.75 Å². The van der Waals surface area contributed by atoms with E-state index in [-0.39, 0.29) is 5.91 Å². The molecule has 0 aliphatic heterocycles. The molecule has 1 amide bonds. The number of pyridine rings is 2. The van der Waals surface area contributed by atoms with E-state index >= 15 is 0 Å². The first-order valence-electron chi connectivity index (χ1n) is 9.38. The number of benzene rings is 2. The summed E-state index contributed by atoms with van der Waals surface area (Å²) < 4.78 is 5.33. The second-order valence-electron chi connectivity index (χ2n) is 6.81. The van der Waals surface area contributed by atoms with Crippen LogP contribution in [0.2, 0.25) is 0 Å². The number of nitrogens with one attached hydrogen (secondary N) is 1. The van der Waals surface area contributed by atoms with Crippen LogP contribution in [-0.2, 0) is 6.54 Å². The summed E-state index contributed by atoms with van der Waals surface area (Å²) in [6, 6.07) is 21.1. The van der Waals surface area contributed by atoms with Crippen LogP contribution in [0.3, 0.4) is 0 Å². The van der Waals surface area contributed by atoms with Crippen molar-refractivity contribution in [2.24, 2.45) is 0 Å². The van der Waals surface area contributed by atoms with Gasteiger partial charge in [0.1, 0.15) is 5.75 Å². The second-order valence-corrected chi connectivity index (χ2v) is 6.81. The molecule has 29 heavy (non-hydrogen) atoms. The molecule has 1 N–H and O–H groups in total. The summed E-state index contributed by atoms with van der Waals surface area (Å²) in [4.78, 5) is 22.1. The summed E-state index contributed by atoms with van der Waals surface area (Å²) in [7, 11) is 1.63. The molecule has 0 aliphatic rings. The molecule has 0 aliphatic carbocycles. The molecule has 2 aromatic carbocycles. The minimum atomic E-state index is -0.155. The van der Waals surface area contributed by atoms with Gasteiger partial charge in [-0.3, -0.25) is 9.78 Å². The zero-order chi connectivity index (χ0) is 20.2. The van der Waals surface area contributed by atoms with Crippen LogP contribution >= 0.6 is 0 Å². The van der Waals surface area contributed by atoms with Crippen molar-refractivity contribution in [2.75, 3.05) is 7.11 Å². The van der Waals surface area contributed by atoms with Crippen molar-refractivity contribution >= 4 is 16.8 Å². The summed E-state index contributed by atoms with van der Waals surface area (Å²) in [5, 5.41) is 3.80. The van der Waals surface area contributed by atoms with Gasteiger partial charge < -0.3 is 10.1 Å². The molecule has 5 heteroatoms. The first-order chi connectivity index (χ1) is 14.1. The van der Waals surface area contributed by atoms with Gasteiger partial charge in [-0.15, -0.1) is 0 Å².